The minimum absolute atomic E-state index is 0.111. The van der Waals surface area contributed by atoms with Crippen LogP contribution >= 0.6 is 23.2 Å². The van der Waals surface area contributed by atoms with Gasteiger partial charge in [0.25, 0.3) is 0 Å². The zero-order valence-electron chi connectivity index (χ0n) is 10.2. The van der Waals surface area contributed by atoms with Gasteiger partial charge in [0.05, 0.1) is 10.0 Å². The van der Waals surface area contributed by atoms with Gasteiger partial charge in [-0.05, 0) is 35.7 Å². The van der Waals surface area contributed by atoms with Gasteiger partial charge in [-0.15, -0.1) is 0 Å². The molecule has 1 aromatic carbocycles. The van der Waals surface area contributed by atoms with Crippen molar-refractivity contribution in [1.29, 1.82) is 0 Å². The first-order valence-electron chi connectivity index (χ1n) is 5.95. The molecule has 2 rings (SSSR count). The molecule has 0 aliphatic heterocycles. The van der Waals surface area contributed by atoms with Crippen LogP contribution in [0.1, 0.15) is 30.5 Å². The van der Waals surface area contributed by atoms with Gasteiger partial charge < -0.3 is 10.3 Å². The highest BCUT2D eigenvalue weighted by Crippen LogP contribution is 2.23. The number of halogens is 2. The van der Waals surface area contributed by atoms with Crippen LogP contribution in [0, 0.1) is 0 Å². The van der Waals surface area contributed by atoms with Crippen molar-refractivity contribution >= 4 is 23.2 Å². The van der Waals surface area contributed by atoms with Crippen molar-refractivity contribution in [2.75, 3.05) is 0 Å². The van der Waals surface area contributed by atoms with Gasteiger partial charge in [0.1, 0.15) is 0 Å². The maximum atomic E-state index is 6.00. The third kappa shape index (κ3) is 3.08. The monoisotopic (exact) mass is 282 g/mol. The van der Waals surface area contributed by atoms with Crippen molar-refractivity contribution in [1.82, 2.24) is 4.57 Å². The first-order valence-corrected chi connectivity index (χ1v) is 6.71. The molecule has 2 N–H and O–H groups in total. The Kier molecular flexibility index (Phi) is 4.33. The maximum absolute atomic E-state index is 6.00. The molecule has 0 aliphatic rings. The molecule has 0 spiro atoms. The smallest absolute Gasteiger partial charge is 0.0595 e. The summed E-state index contributed by atoms with van der Waals surface area (Å²) in [7, 11) is 0. The molecule has 4 heteroatoms. The Morgan fingerprint density at radius 3 is 2.67 bits per heavy atom. The van der Waals surface area contributed by atoms with Crippen molar-refractivity contribution in [3.63, 3.8) is 0 Å². The van der Waals surface area contributed by atoms with E-state index in [0.717, 1.165) is 24.1 Å². The minimum atomic E-state index is 0.111. The second kappa shape index (κ2) is 5.79. The summed E-state index contributed by atoms with van der Waals surface area (Å²) in [5.74, 6) is 0. The summed E-state index contributed by atoms with van der Waals surface area (Å²) in [6.07, 6.45) is 5.06. The molecular weight excluding hydrogens is 267 g/mol. The van der Waals surface area contributed by atoms with Gasteiger partial charge in [-0.3, -0.25) is 0 Å². The van der Waals surface area contributed by atoms with Gasteiger partial charge in [0.2, 0.25) is 0 Å². The Morgan fingerprint density at radius 1 is 1.22 bits per heavy atom. The van der Waals surface area contributed by atoms with Crippen LogP contribution in [0.15, 0.2) is 36.7 Å². The molecule has 1 unspecified atom stereocenters. The molecule has 0 radical (unpaired) electrons. The Balaban J connectivity index is 2.13. The number of rotatable bonds is 4. The predicted molar refractivity (Wildman–Crippen MR) is 77.2 cm³/mol. The first-order chi connectivity index (χ1) is 8.60. The molecule has 0 amide bonds. The van der Waals surface area contributed by atoms with Crippen molar-refractivity contribution in [2.24, 2.45) is 5.73 Å². The molecule has 0 fully saturated rings. The zero-order chi connectivity index (χ0) is 13.1. The molecule has 0 bridgehead atoms. The van der Waals surface area contributed by atoms with E-state index in [4.69, 9.17) is 28.9 Å². The molecular formula is C14H16Cl2N2. The van der Waals surface area contributed by atoms with Crippen molar-refractivity contribution in [2.45, 2.75) is 25.9 Å². The molecule has 2 aromatic rings. The molecule has 0 saturated carbocycles. The average molecular weight is 283 g/mol. The number of aromatic nitrogens is 1. The van der Waals surface area contributed by atoms with E-state index in [9.17, 15) is 0 Å². The molecule has 1 aromatic heterocycles. The van der Waals surface area contributed by atoms with Crippen LogP contribution in [0.3, 0.4) is 0 Å². The van der Waals surface area contributed by atoms with Crippen LogP contribution in [-0.2, 0) is 6.54 Å². The van der Waals surface area contributed by atoms with E-state index >= 15 is 0 Å². The van der Waals surface area contributed by atoms with Crippen LogP contribution in [0.5, 0.6) is 0 Å². The number of hydrogen-bond donors (Lipinski definition) is 1. The lowest BCUT2D eigenvalue weighted by atomic mass is 10.1. The van der Waals surface area contributed by atoms with Gasteiger partial charge >= 0.3 is 0 Å². The Hall–Kier alpha value is -0.960. The molecule has 0 saturated heterocycles. The zero-order valence-corrected chi connectivity index (χ0v) is 11.7. The molecule has 96 valence electrons. The summed E-state index contributed by atoms with van der Waals surface area (Å²) in [6.45, 7) is 2.86. The Bertz CT molecular complexity index is 534. The normalized spacial score (nSPS) is 12.7. The van der Waals surface area contributed by atoms with Gasteiger partial charge in [-0.25, -0.2) is 0 Å². The second-order valence-electron chi connectivity index (χ2n) is 4.38. The largest absolute Gasteiger partial charge is 0.350 e. The van der Waals surface area contributed by atoms with Crippen molar-refractivity contribution in [3.8, 4) is 0 Å². The fourth-order valence-corrected chi connectivity index (χ4v) is 2.18. The molecule has 1 atom stereocenters. The summed E-state index contributed by atoms with van der Waals surface area (Å²) in [5, 5.41) is 1.17. The molecule has 1 heterocycles. The molecule has 2 nitrogen and oxygen atoms in total. The Labute approximate surface area is 117 Å². The lowest BCUT2D eigenvalue weighted by molar-refractivity contribution is 0.693. The fourth-order valence-electron chi connectivity index (χ4n) is 1.86. The molecule has 18 heavy (non-hydrogen) atoms. The number of hydrogen-bond acceptors (Lipinski definition) is 1. The lowest BCUT2D eigenvalue weighted by Gasteiger charge is -2.07. The number of benzene rings is 1. The Morgan fingerprint density at radius 2 is 2.00 bits per heavy atom. The van der Waals surface area contributed by atoms with Crippen LogP contribution in [0.4, 0.5) is 0 Å². The summed E-state index contributed by atoms with van der Waals surface area (Å²) in [6, 6.07) is 7.87. The quantitative estimate of drug-likeness (QED) is 0.893. The van der Waals surface area contributed by atoms with E-state index in [2.05, 4.69) is 23.8 Å². The third-order valence-corrected chi connectivity index (χ3v) is 3.73. The lowest BCUT2D eigenvalue weighted by Crippen LogP contribution is -2.07. The van der Waals surface area contributed by atoms with Crippen LogP contribution in [-0.4, -0.2) is 4.57 Å². The highest BCUT2D eigenvalue weighted by Gasteiger charge is 2.06. The average Bonchev–Trinajstić information content (AvgIpc) is 2.81. The van der Waals surface area contributed by atoms with E-state index in [-0.39, 0.29) is 6.04 Å². The fraction of sp³-hybridized carbons (Fsp3) is 0.286. The summed E-state index contributed by atoms with van der Waals surface area (Å²) in [5.41, 5.74) is 8.28. The summed E-state index contributed by atoms with van der Waals surface area (Å²) >= 11 is 11.9. The first kappa shape index (κ1) is 13.5. The highest BCUT2D eigenvalue weighted by molar-refractivity contribution is 6.42. The summed E-state index contributed by atoms with van der Waals surface area (Å²) in [4.78, 5) is 0. The van der Waals surface area contributed by atoms with Crippen molar-refractivity contribution in [3.05, 3.63) is 57.8 Å². The second-order valence-corrected chi connectivity index (χ2v) is 5.19. The van der Waals surface area contributed by atoms with Gasteiger partial charge in [-0.2, -0.15) is 0 Å². The number of nitrogens with zero attached hydrogens (tertiary/aromatic N) is 1. The van der Waals surface area contributed by atoms with E-state index in [1.165, 1.54) is 0 Å². The minimum Gasteiger partial charge on any atom is -0.350 e. The summed E-state index contributed by atoms with van der Waals surface area (Å²) < 4.78 is 2.10. The molecule has 0 aliphatic carbocycles. The number of nitrogens with two attached hydrogens (primary N) is 1. The highest BCUT2D eigenvalue weighted by atomic mass is 35.5. The van der Waals surface area contributed by atoms with E-state index in [1.54, 1.807) is 0 Å². The topological polar surface area (TPSA) is 30.9 Å². The van der Waals surface area contributed by atoms with Crippen molar-refractivity contribution < 1.29 is 0 Å². The van der Waals surface area contributed by atoms with Crippen LogP contribution in [0.25, 0.3) is 0 Å². The van der Waals surface area contributed by atoms with Crippen LogP contribution < -0.4 is 5.73 Å². The van der Waals surface area contributed by atoms with E-state index < -0.39 is 0 Å². The predicted octanol–water partition coefficient (Wildman–Crippen LogP) is 4.25. The maximum Gasteiger partial charge on any atom is 0.0595 e. The van der Waals surface area contributed by atoms with E-state index in [0.29, 0.717) is 10.0 Å². The third-order valence-electron chi connectivity index (χ3n) is 2.99. The standard InChI is InChI=1S/C14H16Cl2N2/c1-2-14(17)11-5-6-18(9-11)8-10-3-4-12(15)13(16)7-10/h3-7,9,14H,2,8,17H2,1H3. The van der Waals surface area contributed by atoms with Gasteiger partial charge in [0.15, 0.2) is 0 Å². The van der Waals surface area contributed by atoms with Gasteiger partial charge in [-0.1, -0.05) is 36.2 Å². The van der Waals surface area contributed by atoms with Crippen LogP contribution in [0.2, 0.25) is 10.0 Å². The van der Waals surface area contributed by atoms with Gasteiger partial charge in [0, 0.05) is 25.0 Å². The van der Waals surface area contributed by atoms with E-state index in [1.807, 2.05) is 24.4 Å². The SMILES string of the molecule is CCC(N)c1ccn(Cc2ccc(Cl)c(Cl)c2)c1.